The van der Waals surface area contributed by atoms with E-state index in [1.807, 2.05) is 35.2 Å². The van der Waals surface area contributed by atoms with E-state index in [4.69, 9.17) is 0 Å². The van der Waals surface area contributed by atoms with Crippen LogP contribution in [0.4, 0.5) is 0 Å². The number of amides is 1. The highest BCUT2D eigenvalue weighted by Crippen LogP contribution is 2.20. The number of likely N-dealkylation sites (tertiary alicyclic amines) is 1. The molecule has 1 N–H and O–H groups in total. The highest BCUT2D eigenvalue weighted by atomic mass is 16.3. The zero-order valence-electron chi connectivity index (χ0n) is 10.2. The van der Waals surface area contributed by atoms with Crippen LogP contribution in [-0.2, 0) is 11.2 Å². The third-order valence-corrected chi connectivity index (χ3v) is 3.46. The van der Waals surface area contributed by atoms with Crippen molar-refractivity contribution in [3.05, 3.63) is 35.9 Å². The average Bonchev–Trinajstić information content (AvgIpc) is 2.79. The third kappa shape index (κ3) is 3.07. The van der Waals surface area contributed by atoms with E-state index in [-0.39, 0.29) is 17.9 Å². The van der Waals surface area contributed by atoms with E-state index in [9.17, 15) is 9.90 Å². The minimum absolute atomic E-state index is 0.166. The SMILES string of the molecule is CC(O)C1CCN(C(=O)Cc2ccccc2)C1. The summed E-state index contributed by atoms with van der Waals surface area (Å²) in [6.07, 6.45) is 1.07. The molecule has 0 spiro atoms. The summed E-state index contributed by atoms with van der Waals surface area (Å²) < 4.78 is 0. The lowest BCUT2D eigenvalue weighted by Gasteiger charge is -2.17. The van der Waals surface area contributed by atoms with Crippen LogP contribution in [0.15, 0.2) is 30.3 Å². The van der Waals surface area contributed by atoms with E-state index in [2.05, 4.69) is 0 Å². The molecule has 0 aromatic heterocycles. The van der Waals surface area contributed by atoms with E-state index in [1.165, 1.54) is 0 Å². The zero-order valence-corrected chi connectivity index (χ0v) is 10.2. The summed E-state index contributed by atoms with van der Waals surface area (Å²) in [5.74, 6) is 0.411. The predicted molar refractivity (Wildman–Crippen MR) is 66.5 cm³/mol. The number of hydrogen-bond acceptors (Lipinski definition) is 2. The van der Waals surface area contributed by atoms with E-state index in [1.54, 1.807) is 6.92 Å². The molecule has 0 saturated carbocycles. The molecule has 2 unspecified atom stereocenters. The van der Waals surface area contributed by atoms with Crippen molar-refractivity contribution in [1.29, 1.82) is 0 Å². The summed E-state index contributed by atoms with van der Waals surface area (Å²) in [6, 6.07) is 9.80. The number of benzene rings is 1. The summed E-state index contributed by atoms with van der Waals surface area (Å²) in [7, 11) is 0. The average molecular weight is 233 g/mol. The van der Waals surface area contributed by atoms with Crippen molar-refractivity contribution in [2.24, 2.45) is 5.92 Å². The van der Waals surface area contributed by atoms with Gasteiger partial charge in [0.05, 0.1) is 12.5 Å². The molecule has 1 aliphatic heterocycles. The normalized spacial score (nSPS) is 21.5. The molecule has 2 rings (SSSR count). The van der Waals surface area contributed by atoms with Gasteiger partial charge in [0.15, 0.2) is 0 Å². The van der Waals surface area contributed by atoms with Crippen LogP contribution in [0.5, 0.6) is 0 Å². The molecular formula is C14H19NO2. The molecule has 0 bridgehead atoms. The molecule has 3 nitrogen and oxygen atoms in total. The first-order chi connectivity index (χ1) is 8.16. The lowest BCUT2D eigenvalue weighted by molar-refractivity contribution is -0.129. The topological polar surface area (TPSA) is 40.5 Å². The second kappa shape index (κ2) is 5.32. The van der Waals surface area contributed by atoms with E-state index < -0.39 is 0 Å². The van der Waals surface area contributed by atoms with Crippen LogP contribution < -0.4 is 0 Å². The van der Waals surface area contributed by atoms with Gasteiger partial charge in [0, 0.05) is 19.0 Å². The Kier molecular flexibility index (Phi) is 3.79. The molecule has 3 heteroatoms. The first-order valence-corrected chi connectivity index (χ1v) is 6.16. The Hall–Kier alpha value is -1.35. The Morgan fingerprint density at radius 2 is 2.18 bits per heavy atom. The summed E-state index contributed by atoms with van der Waals surface area (Å²) in [4.78, 5) is 13.9. The summed E-state index contributed by atoms with van der Waals surface area (Å²) in [6.45, 7) is 3.28. The maximum atomic E-state index is 12.0. The van der Waals surface area contributed by atoms with Gasteiger partial charge in [-0.1, -0.05) is 30.3 Å². The van der Waals surface area contributed by atoms with Gasteiger partial charge in [0.1, 0.15) is 0 Å². The zero-order chi connectivity index (χ0) is 12.3. The number of aliphatic hydroxyl groups excluding tert-OH is 1. The fraction of sp³-hybridized carbons (Fsp3) is 0.500. The molecule has 1 saturated heterocycles. The van der Waals surface area contributed by atoms with Crippen molar-refractivity contribution in [3.63, 3.8) is 0 Å². The largest absolute Gasteiger partial charge is 0.393 e. The van der Waals surface area contributed by atoms with Gasteiger partial charge in [-0.15, -0.1) is 0 Å². The molecule has 1 heterocycles. The first kappa shape index (κ1) is 12.1. The Balaban J connectivity index is 1.90. The van der Waals surface area contributed by atoms with Gasteiger partial charge >= 0.3 is 0 Å². The lowest BCUT2D eigenvalue weighted by atomic mass is 10.0. The monoisotopic (exact) mass is 233 g/mol. The molecule has 1 aliphatic rings. The van der Waals surface area contributed by atoms with Crippen LogP contribution in [0.1, 0.15) is 18.9 Å². The molecule has 1 aromatic rings. The quantitative estimate of drug-likeness (QED) is 0.858. The van der Waals surface area contributed by atoms with E-state index in [0.717, 1.165) is 18.5 Å². The van der Waals surface area contributed by atoms with Gasteiger partial charge in [-0.2, -0.15) is 0 Å². The second-order valence-corrected chi connectivity index (χ2v) is 4.79. The van der Waals surface area contributed by atoms with Crippen LogP contribution >= 0.6 is 0 Å². The van der Waals surface area contributed by atoms with Crippen LogP contribution in [0, 0.1) is 5.92 Å². The molecule has 1 aromatic carbocycles. The maximum Gasteiger partial charge on any atom is 0.227 e. The van der Waals surface area contributed by atoms with Crippen LogP contribution in [0.2, 0.25) is 0 Å². The highest BCUT2D eigenvalue weighted by Gasteiger charge is 2.28. The van der Waals surface area contributed by atoms with Crippen LogP contribution in [0.25, 0.3) is 0 Å². The predicted octanol–water partition coefficient (Wildman–Crippen LogP) is 1.46. The van der Waals surface area contributed by atoms with Gasteiger partial charge < -0.3 is 10.0 Å². The minimum atomic E-state index is -0.315. The van der Waals surface area contributed by atoms with Crippen molar-refractivity contribution in [1.82, 2.24) is 4.90 Å². The fourth-order valence-corrected chi connectivity index (χ4v) is 2.29. The molecule has 92 valence electrons. The summed E-state index contributed by atoms with van der Waals surface area (Å²) >= 11 is 0. The highest BCUT2D eigenvalue weighted by molar-refractivity contribution is 5.79. The number of carbonyl (C=O) groups excluding carboxylic acids is 1. The molecule has 0 aliphatic carbocycles. The van der Waals surface area contributed by atoms with E-state index >= 15 is 0 Å². The molecule has 1 fully saturated rings. The summed E-state index contributed by atoms with van der Waals surface area (Å²) in [5.41, 5.74) is 1.05. The van der Waals surface area contributed by atoms with Gasteiger partial charge in [-0.25, -0.2) is 0 Å². The molecule has 17 heavy (non-hydrogen) atoms. The van der Waals surface area contributed by atoms with Crippen molar-refractivity contribution < 1.29 is 9.90 Å². The number of nitrogens with zero attached hydrogens (tertiary/aromatic N) is 1. The molecule has 2 atom stereocenters. The van der Waals surface area contributed by atoms with Gasteiger partial charge in [-0.3, -0.25) is 4.79 Å². The Morgan fingerprint density at radius 3 is 2.76 bits per heavy atom. The molecular weight excluding hydrogens is 214 g/mol. The first-order valence-electron chi connectivity index (χ1n) is 6.16. The van der Waals surface area contributed by atoms with Gasteiger partial charge in [0.25, 0.3) is 0 Å². The number of hydrogen-bond donors (Lipinski definition) is 1. The second-order valence-electron chi connectivity index (χ2n) is 4.79. The number of rotatable bonds is 3. The van der Waals surface area contributed by atoms with Gasteiger partial charge in [-0.05, 0) is 18.9 Å². The Bertz CT molecular complexity index is 375. The van der Waals surface area contributed by atoms with Crippen molar-refractivity contribution in [3.8, 4) is 0 Å². The standard InChI is InChI=1S/C14H19NO2/c1-11(16)13-7-8-15(10-13)14(17)9-12-5-3-2-4-6-12/h2-6,11,13,16H,7-10H2,1H3. The fourth-order valence-electron chi connectivity index (χ4n) is 2.29. The lowest BCUT2D eigenvalue weighted by Crippen LogP contribution is -2.31. The van der Waals surface area contributed by atoms with Gasteiger partial charge in [0.2, 0.25) is 5.91 Å². The Labute approximate surface area is 102 Å². The smallest absolute Gasteiger partial charge is 0.227 e. The maximum absolute atomic E-state index is 12.0. The van der Waals surface area contributed by atoms with Crippen LogP contribution in [-0.4, -0.2) is 35.1 Å². The molecule has 1 amide bonds. The Morgan fingerprint density at radius 1 is 1.47 bits per heavy atom. The third-order valence-electron chi connectivity index (χ3n) is 3.46. The van der Waals surface area contributed by atoms with Crippen molar-refractivity contribution in [2.45, 2.75) is 25.9 Å². The van der Waals surface area contributed by atoms with Crippen molar-refractivity contribution >= 4 is 5.91 Å². The minimum Gasteiger partial charge on any atom is -0.393 e. The van der Waals surface area contributed by atoms with E-state index in [0.29, 0.717) is 13.0 Å². The van der Waals surface area contributed by atoms with Crippen LogP contribution in [0.3, 0.4) is 0 Å². The number of carbonyl (C=O) groups is 1. The molecule has 0 radical (unpaired) electrons. The summed E-state index contributed by atoms with van der Waals surface area (Å²) in [5, 5.41) is 9.50. The number of aliphatic hydroxyl groups is 1. The van der Waals surface area contributed by atoms with Crippen molar-refractivity contribution in [2.75, 3.05) is 13.1 Å².